The van der Waals surface area contributed by atoms with E-state index in [-0.39, 0.29) is 6.10 Å². The van der Waals surface area contributed by atoms with Gasteiger partial charge in [0, 0.05) is 20.2 Å². The predicted molar refractivity (Wildman–Crippen MR) is 63.7 cm³/mol. The largest absolute Gasteiger partial charge is 0.376 e. The highest BCUT2D eigenvalue weighted by atomic mass is 16.5. The van der Waals surface area contributed by atoms with Crippen LogP contribution in [0.5, 0.6) is 0 Å². The maximum absolute atomic E-state index is 5.62. The van der Waals surface area contributed by atoms with E-state index in [1.165, 1.54) is 0 Å². The summed E-state index contributed by atoms with van der Waals surface area (Å²) in [6, 6.07) is 0. The van der Waals surface area contributed by atoms with Gasteiger partial charge in [-0.05, 0) is 13.0 Å². The molecule has 18 heavy (non-hydrogen) atoms. The SMILES string of the molecule is COCc1nc(CN2CCO[C@@H](CCN)C2)no1. The van der Waals surface area contributed by atoms with E-state index in [9.17, 15) is 0 Å². The summed E-state index contributed by atoms with van der Waals surface area (Å²) in [6.07, 6.45) is 1.10. The second kappa shape index (κ2) is 6.79. The van der Waals surface area contributed by atoms with Crippen LogP contribution in [0.1, 0.15) is 18.1 Å². The van der Waals surface area contributed by atoms with Crippen LogP contribution in [-0.4, -0.2) is 54.5 Å². The molecule has 0 amide bonds. The smallest absolute Gasteiger partial charge is 0.252 e. The van der Waals surface area contributed by atoms with Crippen molar-refractivity contribution in [2.75, 3.05) is 33.4 Å². The molecule has 1 saturated heterocycles. The van der Waals surface area contributed by atoms with Crippen LogP contribution < -0.4 is 5.73 Å². The van der Waals surface area contributed by atoms with Crippen molar-refractivity contribution in [1.82, 2.24) is 15.0 Å². The second-order valence-electron chi connectivity index (χ2n) is 4.34. The van der Waals surface area contributed by atoms with Crippen LogP contribution in [0.15, 0.2) is 4.52 Å². The molecular formula is C11H20N4O3. The van der Waals surface area contributed by atoms with Crippen molar-refractivity contribution in [2.24, 2.45) is 5.73 Å². The van der Waals surface area contributed by atoms with Crippen LogP contribution in [0.3, 0.4) is 0 Å². The Morgan fingerprint density at radius 1 is 1.56 bits per heavy atom. The minimum atomic E-state index is 0.217. The third-order valence-electron chi connectivity index (χ3n) is 2.85. The van der Waals surface area contributed by atoms with Crippen molar-refractivity contribution in [1.29, 1.82) is 0 Å². The fraction of sp³-hybridized carbons (Fsp3) is 0.818. The Hall–Kier alpha value is -1.02. The summed E-state index contributed by atoms with van der Waals surface area (Å²) in [4.78, 5) is 6.51. The highest BCUT2D eigenvalue weighted by molar-refractivity contribution is 4.86. The summed E-state index contributed by atoms with van der Waals surface area (Å²) in [6.45, 7) is 4.16. The van der Waals surface area contributed by atoms with Crippen LogP contribution in [0.25, 0.3) is 0 Å². The molecule has 2 N–H and O–H groups in total. The summed E-state index contributed by atoms with van der Waals surface area (Å²) < 4.78 is 15.6. The minimum absolute atomic E-state index is 0.217. The Kier molecular flexibility index (Phi) is 5.06. The monoisotopic (exact) mass is 256 g/mol. The van der Waals surface area contributed by atoms with Gasteiger partial charge in [0.25, 0.3) is 5.89 Å². The van der Waals surface area contributed by atoms with E-state index in [4.69, 9.17) is 19.7 Å². The maximum atomic E-state index is 5.62. The van der Waals surface area contributed by atoms with E-state index in [0.29, 0.717) is 31.4 Å². The lowest BCUT2D eigenvalue weighted by Crippen LogP contribution is -2.42. The molecule has 0 aromatic carbocycles. The molecule has 7 heteroatoms. The van der Waals surface area contributed by atoms with Gasteiger partial charge >= 0.3 is 0 Å². The molecule has 0 saturated carbocycles. The van der Waals surface area contributed by atoms with E-state index in [1.54, 1.807) is 7.11 Å². The van der Waals surface area contributed by atoms with Gasteiger partial charge in [-0.2, -0.15) is 4.98 Å². The molecule has 0 aliphatic carbocycles. The minimum Gasteiger partial charge on any atom is -0.376 e. The van der Waals surface area contributed by atoms with Gasteiger partial charge in [-0.25, -0.2) is 0 Å². The number of aromatic nitrogens is 2. The van der Waals surface area contributed by atoms with Crippen LogP contribution in [0.4, 0.5) is 0 Å². The number of nitrogens with two attached hydrogens (primary N) is 1. The zero-order valence-corrected chi connectivity index (χ0v) is 10.7. The van der Waals surface area contributed by atoms with Gasteiger partial charge in [0.1, 0.15) is 6.61 Å². The van der Waals surface area contributed by atoms with Gasteiger partial charge in [0.15, 0.2) is 5.82 Å². The number of hydrogen-bond acceptors (Lipinski definition) is 7. The first-order valence-electron chi connectivity index (χ1n) is 6.16. The zero-order chi connectivity index (χ0) is 12.8. The molecule has 0 radical (unpaired) electrons. The molecule has 0 spiro atoms. The van der Waals surface area contributed by atoms with E-state index in [0.717, 1.165) is 26.1 Å². The fourth-order valence-corrected chi connectivity index (χ4v) is 2.02. The van der Waals surface area contributed by atoms with Gasteiger partial charge in [0.05, 0.1) is 19.3 Å². The van der Waals surface area contributed by atoms with Gasteiger partial charge in [0.2, 0.25) is 0 Å². The van der Waals surface area contributed by atoms with E-state index < -0.39 is 0 Å². The second-order valence-corrected chi connectivity index (χ2v) is 4.34. The summed E-state index contributed by atoms with van der Waals surface area (Å²) >= 11 is 0. The number of methoxy groups -OCH3 is 1. The third kappa shape index (κ3) is 3.74. The topological polar surface area (TPSA) is 86.6 Å². The Labute approximate surface area is 106 Å². The lowest BCUT2D eigenvalue weighted by molar-refractivity contribution is -0.0344. The molecule has 7 nitrogen and oxygen atoms in total. The Bertz CT molecular complexity index is 356. The lowest BCUT2D eigenvalue weighted by Gasteiger charge is -2.31. The maximum Gasteiger partial charge on any atom is 0.252 e. The lowest BCUT2D eigenvalue weighted by atomic mass is 10.2. The van der Waals surface area contributed by atoms with E-state index in [2.05, 4.69) is 15.0 Å². The Morgan fingerprint density at radius 2 is 2.44 bits per heavy atom. The van der Waals surface area contributed by atoms with Crippen LogP contribution in [0, 0.1) is 0 Å². The highest BCUT2D eigenvalue weighted by Gasteiger charge is 2.21. The van der Waals surface area contributed by atoms with Gasteiger partial charge in [-0.3, -0.25) is 4.90 Å². The predicted octanol–water partition coefficient (Wildman–Crippen LogP) is -0.234. The van der Waals surface area contributed by atoms with Crippen molar-refractivity contribution in [3.05, 3.63) is 11.7 Å². The molecule has 2 rings (SSSR count). The summed E-state index contributed by atoms with van der Waals surface area (Å²) in [5, 5.41) is 3.93. The molecule has 102 valence electrons. The van der Waals surface area contributed by atoms with Crippen LogP contribution in [-0.2, 0) is 22.6 Å². The van der Waals surface area contributed by atoms with E-state index in [1.807, 2.05) is 0 Å². The average molecular weight is 256 g/mol. The molecule has 2 heterocycles. The summed E-state index contributed by atoms with van der Waals surface area (Å²) in [5.41, 5.74) is 5.54. The Balaban J connectivity index is 1.84. The molecule has 1 aliphatic heterocycles. The molecule has 1 aliphatic rings. The van der Waals surface area contributed by atoms with Crippen molar-refractivity contribution >= 4 is 0 Å². The molecule has 0 bridgehead atoms. The van der Waals surface area contributed by atoms with Crippen molar-refractivity contribution < 1.29 is 14.0 Å². The van der Waals surface area contributed by atoms with Gasteiger partial charge in [-0.1, -0.05) is 5.16 Å². The van der Waals surface area contributed by atoms with Gasteiger partial charge in [-0.15, -0.1) is 0 Å². The first kappa shape index (κ1) is 13.4. The molecule has 1 atom stereocenters. The number of rotatable bonds is 6. The highest BCUT2D eigenvalue weighted by Crippen LogP contribution is 2.11. The number of morpholine rings is 1. The first-order chi connectivity index (χ1) is 8.81. The van der Waals surface area contributed by atoms with Crippen molar-refractivity contribution in [3.63, 3.8) is 0 Å². The summed E-state index contributed by atoms with van der Waals surface area (Å²) in [7, 11) is 1.60. The third-order valence-corrected chi connectivity index (χ3v) is 2.85. The molecule has 1 aromatic rings. The zero-order valence-electron chi connectivity index (χ0n) is 10.7. The Morgan fingerprint density at radius 3 is 3.22 bits per heavy atom. The van der Waals surface area contributed by atoms with Crippen molar-refractivity contribution in [2.45, 2.75) is 25.7 Å². The molecule has 1 aromatic heterocycles. The number of hydrogen-bond donors (Lipinski definition) is 1. The van der Waals surface area contributed by atoms with Crippen molar-refractivity contribution in [3.8, 4) is 0 Å². The molecule has 1 fully saturated rings. The molecular weight excluding hydrogens is 236 g/mol. The van der Waals surface area contributed by atoms with Crippen LogP contribution >= 0.6 is 0 Å². The van der Waals surface area contributed by atoms with E-state index >= 15 is 0 Å². The number of nitrogens with zero attached hydrogens (tertiary/aromatic N) is 3. The van der Waals surface area contributed by atoms with Crippen LogP contribution in [0.2, 0.25) is 0 Å². The standard InChI is InChI=1S/C11H20N4O3/c1-16-8-11-13-10(14-18-11)7-15-4-5-17-9(6-15)2-3-12/h9H,2-8,12H2,1H3/t9-/m0/s1. The summed E-state index contributed by atoms with van der Waals surface area (Å²) in [5.74, 6) is 1.20. The number of ether oxygens (including phenoxy) is 2. The quantitative estimate of drug-likeness (QED) is 0.752. The fourth-order valence-electron chi connectivity index (χ4n) is 2.02. The average Bonchev–Trinajstić information content (AvgIpc) is 2.78. The van der Waals surface area contributed by atoms with Gasteiger partial charge < -0.3 is 19.7 Å². The normalized spacial score (nSPS) is 21.3. The molecule has 0 unspecified atom stereocenters. The first-order valence-corrected chi connectivity index (χ1v) is 6.16.